The van der Waals surface area contributed by atoms with E-state index in [4.69, 9.17) is 0 Å². The van der Waals surface area contributed by atoms with Gasteiger partial charge in [-0.25, -0.2) is 4.98 Å². The van der Waals surface area contributed by atoms with Crippen LogP contribution in [0.1, 0.15) is 41.7 Å². The Kier molecular flexibility index (Phi) is 5.47. The van der Waals surface area contributed by atoms with Gasteiger partial charge < -0.3 is 15.1 Å². The molecule has 4 heterocycles. The summed E-state index contributed by atoms with van der Waals surface area (Å²) in [7, 11) is 1.79. The summed E-state index contributed by atoms with van der Waals surface area (Å²) < 4.78 is 0. The van der Waals surface area contributed by atoms with E-state index in [1.54, 1.807) is 31.6 Å². The molecule has 1 spiro atoms. The molecule has 7 nitrogen and oxygen atoms in total. The molecule has 2 aliphatic rings. The summed E-state index contributed by atoms with van der Waals surface area (Å²) in [5.74, 6) is 0.951. The highest BCUT2D eigenvalue weighted by Crippen LogP contribution is 2.40. The van der Waals surface area contributed by atoms with E-state index in [2.05, 4.69) is 15.3 Å². The fourth-order valence-corrected chi connectivity index (χ4v) is 4.41. The predicted octanol–water partition coefficient (Wildman–Crippen LogP) is 2.56. The molecule has 2 aromatic rings. The fraction of sp³-hybridized carbons (Fsp3) is 0.455. The van der Waals surface area contributed by atoms with Gasteiger partial charge in [-0.2, -0.15) is 0 Å². The first-order valence-electron chi connectivity index (χ1n) is 10.2. The van der Waals surface area contributed by atoms with Crippen LogP contribution in [0.15, 0.2) is 42.7 Å². The van der Waals surface area contributed by atoms with Crippen LogP contribution in [-0.2, 0) is 11.3 Å². The van der Waals surface area contributed by atoms with Crippen molar-refractivity contribution in [1.82, 2.24) is 19.8 Å². The van der Waals surface area contributed by atoms with Gasteiger partial charge in [0.2, 0.25) is 5.91 Å². The lowest BCUT2D eigenvalue weighted by molar-refractivity contribution is -0.139. The highest BCUT2D eigenvalue weighted by molar-refractivity contribution is 5.94. The Morgan fingerprint density at radius 1 is 1.14 bits per heavy atom. The van der Waals surface area contributed by atoms with E-state index in [9.17, 15) is 9.59 Å². The van der Waals surface area contributed by atoms with E-state index in [0.717, 1.165) is 44.6 Å². The molecule has 2 fully saturated rings. The third-order valence-corrected chi connectivity index (χ3v) is 6.20. The Morgan fingerprint density at radius 2 is 1.97 bits per heavy atom. The lowest BCUT2D eigenvalue weighted by atomic mass is 9.72. The number of nitrogens with one attached hydrogen (secondary N) is 1. The van der Waals surface area contributed by atoms with Crippen molar-refractivity contribution < 1.29 is 9.59 Å². The van der Waals surface area contributed by atoms with Crippen LogP contribution >= 0.6 is 0 Å². The summed E-state index contributed by atoms with van der Waals surface area (Å²) in [4.78, 5) is 37.8. The van der Waals surface area contributed by atoms with Crippen molar-refractivity contribution in [2.24, 2.45) is 5.41 Å². The predicted molar refractivity (Wildman–Crippen MR) is 110 cm³/mol. The van der Waals surface area contributed by atoms with Crippen molar-refractivity contribution in [3.8, 4) is 0 Å². The molecule has 2 aromatic heterocycles. The van der Waals surface area contributed by atoms with Gasteiger partial charge in [0.15, 0.2) is 0 Å². The van der Waals surface area contributed by atoms with E-state index in [1.165, 1.54) is 0 Å². The number of rotatable bonds is 4. The van der Waals surface area contributed by atoms with Crippen LogP contribution in [0.5, 0.6) is 0 Å². The minimum Gasteiger partial charge on any atom is -0.373 e. The number of hydrogen-bond acceptors (Lipinski definition) is 5. The molecule has 2 amide bonds. The third-order valence-electron chi connectivity index (χ3n) is 6.20. The van der Waals surface area contributed by atoms with Crippen molar-refractivity contribution in [2.75, 3.05) is 32.0 Å². The van der Waals surface area contributed by atoms with Crippen molar-refractivity contribution in [2.45, 2.75) is 32.2 Å². The molecule has 152 valence electrons. The number of amides is 2. The number of piperidine rings is 2. The highest BCUT2D eigenvalue weighted by atomic mass is 16.2. The molecule has 2 saturated heterocycles. The number of aromatic nitrogens is 2. The summed E-state index contributed by atoms with van der Waals surface area (Å²) in [6.07, 6.45) is 6.76. The van der Waals surface area contributed by atoms with Gasteiger partial charge >= 0.3 is 0 Å². The second-order valence-corrected chi connectivity index (χ2v) is 8.04. The lowest BCUT2D eigenvalue weighted by Crippen LogP contribution is -2.52. The quantitative estimate of drug-likeness (QED) is 0.864. The van der Waals surface area contributed by atoms with Crippen molar-refractivity contribution in [3.05, 3.63) is 54.0 Å². The molecular weight excluding hydrogens is 366 g/mol. The first kappa shape index (κ1) is 19.4. The zero-order valence-electron chi connectivity index (χ0n) is 16.8. The summed E-state index contributed by atoms with van der Waals surface area (Å²) in [6, 6.07) is 9.36. The van der Waals surface area contributed by atoms with Gasteiger partial charge in [-0.05, 0) is 48.9 Å². The van der Waals surface area contributed by atoms with Gasteiger partial charge in [-0.1, -0.05) is 6.07 Å². The van der Waals surface area contributed by atoms with E-state index in [1.807, 2.05) is 28.0 Å². The average Bonchev–Trinajstić information content (AvgIpc) is 2.77. The Bertz CT molecular complexity index is 878. The molecule has 2 aliphatic heterocycles. The first-order valence-corrected chi connectivity index (χ1v) is 10.2. The smallest absolute Gasteiger partial charge is 0.254 e. The monoisotopic (exact) mass is 393 g/mol. The number of carbonyl (C=O) groups excluding carboxylic acids is 2. The summed E-state index contributed by atoms with van der Waals surface area (Å²) in [6.45, 7) is 2.76. The first-order chi connectivity index (χ1) is 14.1. The molecule has 7 heteroatoms. The molecule has 0 saturated carbocycles. The Balaban J connectivity index is 1.40. The molecule has 0 unspecified atom stereocenters. The van der Waals surface area contributed by atoms with Gasteiger partial charge in [0.05, 0.1) is 12.2 Å². The maximum atomic E-state index is 12.9. The molecule has 4 rings (SSSR count). The second kappa shape index (κ2) is 8.19. The number of hydrogen-bond donors (Lipinski definition) is 1. The molecule has 0 bridgehead atoms. The standard InChI is InChI=1S/C22H27N5O2/c1-23-19-14-17(6-11-25-19)21(29)26-12-8-22(9-13-26)7-5-20(28)27(16-22)15-18-4-2-3-10-24-18/h2-4,6,10-11,14H,5,7-9,12-13,15-16H2,1H3,(H,23,25). The maximum absolute atomic E-state index is 12.9. The fourth-order valence-electron chi connectivity index (χ4n) is 4.41. The summed E-state index contributed by atoms with van der Waals surface area (Å²) in [5.41, 5.74) is 1.69. The van der Waals surface area contributed by atoms with Crippen LogP contribution in [0.4, 0.5) is 5.82 Å². The van der Waals surface area contributed by atoms with Crippen LogP contribution in [-0.4, -0.2) is 58.3 Å². The number of anilines is 1. The number of pyridine rings is 2. The van der Waals surface area contributed by atoms with Crippen molar-refractivity contribution in [3.63, 3.8) is 0 Å². The minimum absolute atomic E-state index is 0.0518. The van der Waals surface area contributed by atoms with Crippen molar-refractivity contribution >= 4 is 17.6 Å². The number of nitrogens with zero attached hydrogens (tertiary/aromatic N) is 4. The topological polar surface area (TPSA) is 78.4 Å². The molecule has 0 aliphatic carbocycles. The van der Waals surface area contributed by atoms with E-state index in [0.29, 0.717) is 24.3 Å². The zero-order chi connectivity index (χ0) is 20.3. The maximum Gasteiger partial charge on any atom is 0.254 e. The number of carbonyl (C=O) groups is 2. The lowest BCUT2D eigenvalue weighted by Gasteiger charge is -2.47. The molecular formula is C22H27N5O2. The summed E-state index contributed by atoms with van der Waals surface area (Å²) in [5, 5.41) is 2.98. The van der Waals surface area contributed by atoms with Crippen LogP contribution in [0, 0.1) is 5.41 Å². The van der Waals surface area contributed by atoms with E-state index < -0.39 is 0 Å². The van der Waals surface area contributed by atoms with Gasteiger partial charge in [0, 0.05) is 51.1 Å². The molecule has 1 N–H and O–H groups in total. The van der Waals surface area contributed by atoms with Gasteiger partial charge in [-0.3, -0.25) is 14.6 Å². The summed E-state index contributed by atoms with van der Waals surface area (Å²) >= 11 is 0. The average molecular weight is 393 g/mol. The Morgan fingerprint density at radius 3 is 2.69 bits per heavy atom. The third kappa shape index (κ3) is 4.23. The number of likely N-dealkylation sites (tertiary alicyclic amines) is 2. The molecule has 0 aromatic carbocycles. The van der Waals surface area contributed by atoms with Crippen LogP contribution in [0.3, 0.4) is 0 Å². The van der Waals surface area contributed by atoms with Gasteiger partial charge in [-0.15, -0.1) is 0 Å². The Hall–Kier alpha value is -2.96. The second-order valence-electron chi connectivity index (χ2n) is 8.04. The van der Waals surface area contributed by atoms with Gasteiger partial charge in [0.25, 0.3) is 5.91 Å². The largest absolute Gasteiger partial charge is 0.373 e. The van der Waals surface area contributed by atoms with Crippen molar-refractivity contribution in [1.29, 1.82) is 0 Å². The van der Waals surface area contributed by atoms with Crippen LogP contribution < -0.4 is 5.32 Å². The Labute approximate surface area is 171 Å². The minimum atomic E-state index is 0.0518. The van der Waals surface area contributed by atoms with E-state index in [-0.39, 0.29) is 17.2 Å². The SMILES string of the molecule is CNc1cc(C(=O)N2CCC3(CCC(=O)N(Cc4ccccn4)C3)CC2)ccn1. The van der Waals surface area contributed by atoms with Crippen LogP contribution in [0.2, 0.25) is 0 Å². The van der Waals surface area contributed by atoms with Gasteiger partial charge in [0.1, 0.15) is 5.82 Å². The zero-order valence-corrected chi connectivity index (χ0v) is 16.8. The molecule has 0 radical (unpaired) electrons. The van der Waals surface area contributed by atoms with E-state index >= 15 is 0 Å². The van der Waals surface area contributed by atoms with Crippen LogP contribution in [0.25, 0.3) is 0 Å². The normalized spacial score (nSPS) is 18.7. The highest BCUT2D eigenvalue weighted by Gasteiger charge is 2.41. The molecule has 29 heavy (non-hydrogen) atoms. The molecule has 0 atom stereocenters.